The largest absolute Gasteiger partial charge is 0.353 e. The van der Waals surface area contributed by atoms with Gasteiger partial charge in [-0.25, -0.2) is 0 Å². The number of thioether (sulfide) groups is 2. The molecule has 0 atom stereocenters. The van der Waals surface area contributed by atoms with Crippen molar-refractivity contribution < 1.29 is 18.9 Å². The molecule has 0 radical (unpaired) electrons. The van der Waals surface area contributed by atoms with Crippen LogP contribution in [0.3, 0.4) is 0 Å². The van der Waals surface area contributed by atoms with E-state index in [1.54, 1.807) is 52.0 Å². The van der Waals surface area contributed by atoms with E-state index in [9.17, 15) is 0 Å². The van der Waals surface area contributed by atoms with Crippen LogP contribution in [-0.4, -0.2) is 51.5 Å². The molecule has 0 fully saturated rings. The fraction of sp³-hybridized carbons (Fsp3) is 0.667. The van der Waals surface area contributed by atoms with Gasteiger partial charge in [0.1, 0.15) is 0 Å². The van der Waals surface area contributed by atoms with Crippen molar-refractivity contribution in [2.75, 3.05) is 39.9 Å². The molecule has 1 rings (SSSR count). The van der Waals surface area contributed by atoms with E-state index in [-0.39, 0.29) is 0 Å². The van der Waals surface area contributed by atoms with Gasteiger partial charge in [0.25, 0.3) is 0 Å². The molecule has 0 bridgehead atoms. The van der Waals surface area contributed by atoms with Gasteiger partial charge in [0.2, 0.25) is 0 Å². The van der Waals surface area contributed by atoms with Crippen LogP contribution in [0.5, 0.6) is 0 Å². The molecule has 0 aromatic heterocycles. The number of methoxy groups -OCH3 is 4. The summed E-state index contributed by atoms with van der Waals surface area (Å²) in [5, 5.41) is 0. The average Bonchev–Trinajstić information content (AvgIpc) is 2.60. The summed E-state index contributed by atoms with van der Waals surface area (Å²) in [6, 6.07) is 4.45. The van der Waals surface area contributed by atoms with Gasteiger partial charge in [-0.3, -0.25) is 0 Å². The Labute approximate surface area is 155 Å². The highest BCUT2D eigenvalue weighted by Crippen LogP contribution is 2.34. The summed E-state index contributed by atoms with van der Waals surface area (Å²) in [4.78, 5) is 2.50. The highest BCUT2D eigenvalue weighted by molar-refractivity contribution is 7.99. The Kier molecular flexibility index (Phi) is 8.59. The number of benzene rings is 1. The van der Waals surface area contributed by atoms with Crippen molar-refractivity contribution >= 4 is 23.5 Å². The van der Waals surface area contributed by atoms with Crippen LogP contribution < -0.4 is 0 Å². The molecule has 1 aromatic carbocycles. The molecule has 0 amide bonds. The highest BCUT2D eigenvalue weighted by atomic mass is 32.2. The first kappa shape index (κ1) is 21.8. The lowest BCUT2D eigenvalue weighted by atomic mass is 10.2. The second kappa shape index (κ2) is 9.46. The van der Waals surface area contributed by atoms with Crippen molar-refractivity contribution in [3.63, 3.8) is 0 Å². The first-order chi connectivity index (χ1) is 11.2. The minimum atomic E-state index is -0.572. The second-order valence-electron chi connectivity index (χ2n) is 6.04. The Balaban J connectivity index is 2.82. The van der Waals surface area contributed by atoms with Crippen molar-refractivity contribution in [3.05, 3.63) is 23.3 Å². The zero-order valence-electron chi connectivity index (χ0n) is 16.0. The molecule has 0 spiro atoms. The lowest BCUT2D eigenvalue weighted by molar-refractivity contribution is -0.175. The molecule has 0 aliphatic rings. The van der Waals surface area contributed by atoms with Crippen molar-refractivity contribution in [2.24, 2.45) is 0 Å². The van der Waals surface area contributed by atoms with Gasteiger partial charge in [-0.1, -0.05) is 0 Å². The number of ether oxygens (including phenoxy) is 4. The summed E-state index contributed by atoms with van der Waals surface area (Å²) in [6.07, 6.45) is 0. The Hall–Kier alpha value is -0.240. The van der Waals surface area contributed by atoms with Crippen LogP contribution in [0.1, 0.15) is 25.0 Å². The Bertz CT molecular complexity index is 478. The standard InChI is InChI=1S/C18H30O4S2/c1-13-9-16(24-12-18(4,21-7)22-8)14(2)10-15(13)23-11-17(3,19-5)20-6/h9-10H,11-12H2,1-8H3. The third-order valence-electron chi connectivity index (χ3n) is 4.18. The molecule has 0 saturated carbocycles. The zero-order chi connectivity index (χ0) is 18.4. The molecule has 6 heteroatoms. The van der Waals surface area contributed by atoms with E-state index in [0.717, 1.165) is 11.5 Å². The van der Waals surface area contributed by atoms with Gasteiger partial charge in [-0.15, -0.1) is 23.5 Å². The third-order valence-corrected chi connectivity index (χ3v) is 7.02. The van der Waals surface area contributed by atoms with E-state index in [1.165, 1.54) is 20.9 Å². The SMILES string of the molecule is COC(C)(CSc1cc(C)c(SCC(C)(OC)OC)cc1C)OC. The molecule has 24 heavy (non-hydrogen) atoms. The van der Waals surface area contributed by atoms with Gasteiger partial charge in [0.05, 0.1) is 11.5 Å². The molecular weight excluding hydrogens is 344 g/mol. The van der Waals surface area contributed by atoms with Gasteiger partial charge in [0.15, 0.2) is 11.6 Å². The first-order valence-corrected chi connectivity index (χ1v) is 9.77. The third kappa shape index (κ3) is 5.93. The van der Waals surface area contributed by atoms with E-state index in [0.29, 0.717) is 0 Å². The summed E-state index contributed by atoms with van der Waals surface area (Å²) < 4.78 is 21.7. The van der Waals surface area contributed by atoms with Gasteiger partial charge < -0.3 is 18.9 Å². The topological polar surface area (TPSA) is 36.9 Å². The number of rotatable bonds is 10. The summed E-state index contributed by atoms with van der Waals surface area (Å²) >= 11 is 3.50. The predicted molar refractivity (Wildman–Crippen MR) is 102 cm³/mol. The van der Waals surface area contributed by atoms with Crippen LogP contribution >= 0.6 is 23.5 Å². The average molecular weight is 375 g/mol. The van der Waals surface area contributed by atoms with Crippen LogP contribution in [0, 0.1) is 13.8 Å². The van der Waals surface area contributed by atoms with E-state index in [1.807, 2.05) is 13.8 Å². The maximum atomic E-state index is 5.43. The maximum Gasteiger partial charge on any atom is 0.174 e. The first-order valence-electron chi connectivity index (χ1n) is 7.80. The van der Waals surface area contributed by atoms with Gasteiger partial charge in [-0.2, -0.15) is 0 Å². The molecule has 1 aromatic rings. The maximum absolute atomic E-state index is 5.43. The fourth-order valence-corrected chi connectivity index (χ4v) is 4.29. The molecular formula is C18H30O4S2. The smallest absolute Gasteiger partial charge is 0.174 e. The van der Waals surface area contributed by atoms with E-state index >= 15 is 0 Å². The number of hydrogen-bond acceptors (Lipinski definition) is 6. The van der Waals surface area contributed by atoms with Crippen LogP contribution in [-0.2, 0) is 18.9 Å². The van der Waals surface area contributed by atoms with E-state index in [4.69, 9.17) is 18.9 Å². The van der Waals surface area contributed by atoms with E-state index < -0.39 is 11.6 Å². The lowest BCUT2D eigenvalue weighted by Crippen LogP contribution is -2.32. The minimum Gasteiger partial charge on any atom is -0.353 e. The van der Waals surface area contributed by atoms with Gasteiger partial charge in [-0.05, 0) is 51.0 Å². The Morgan fingerprint density at radius 1 is 0.708 bits per heavy atom. The molecule has 0 N–H and O–H groups in total. The van der Waals surface area contributed by atoms with E-state index in [2.05, 4.69) is 26.0 Å². The van der Waals surface area contributed by atoms with Crippen LogP contribution in [0.2, 0.25) is 0 Å². The van der Waals surface area contributed by atoms with Crippen LogP contribution in [0.15, 0.2) is 21.9 Å². The van der Waals surface area contributed by atoms with Crippen LogP contribution in [0.25, 0.3) is 0 Å². The number of hydrogen-bond donors (Lipinski definition) is 0. The lowest BCUT2D eigenvalue weighted by Gasteiger charge is -2.27. The summed E-state index contributed by atoms with van der Waals surface area (Å²) in [5.41, 5.74) is 2.50. The minimum absolute atomic E-state index is 0.572. The van der Waals surface area contributed by atoms with Crippen molar-refractivity contribution in [1.29, 1.82) is 0 Å². The Morgan fingerprint density at radius 3 is 1.25 bits per heavy atom. The summed E-state index contributed by atoms with van der Waals surface area (Å²) in [7, 11) is 6.68. The zero-order valence-corrected chi connectivity index (χ0v) is 17.7. The molecule has 4 nitrogen and oxygen atoms in total. The fourth-order valence-electron chi connectivity index (χ4n) is 1.89. The molecule has 0 aliphatic carbocycles. The summed E-state index contributed by atoms with van der Waals surface area (Å²) in [6.45, 7) is 8.16. The predicted octanol–water partition coefficient (Wildman–Crippen LogP) is 4.51. The highest BCUT2D eigenvalue weighted by Gasteiger charge is 2.25. The number of aryl methyl sites for hydroxylation is 2. The second-order valence-corrected chi connectivity index (χ2v) is 8.08. The molecule has 0 aliphatic heterocycles. The Morgan fingerprint density at radius 2 is 1.00 bits per heavy atom. The summed E-state index contributed by atoms with van der Waals surface area (Å²) in [5.74, 6) is 0.324. The van der Waals surface area contributed by atoms with Gasteiger partial charge >= 0.3 is 0 Å². The molecule has 0 heterocycles. The van der Waals surface area contributed by atoms with Crippen molar-refractivity contribution in [3.8, 4) is 0 Å². The quantitative estimate of drug-likeness (QED) is 0.443. The molecule has 0 saturated heterocycles. The van der Waals surface area contributed by atoms with Crippen molar-refractivity contribution in [2.45, 2.75) is 49.1 Å². The van der Waals surface area contributed by atoms with Gasteiger partial charge in [0, 0.05) is 38.2 Å². The molecule has 0 unspecified atom stereocenters. The molecule has 138 valence electrons. The monoisotopic (exact) mass is 374 g/mol. The van der Waals surface area contributed by atoms with Crippen LogP contribution in [0.4, 0.5) is 0 Å². The van der Waals surface area contributed by atoms with Crippen molar-refractivity contribution in [1.82, 2.24) is 0 Å². The normalized spacial score (nSPS) is 12.7.